The Balaban J connectivity index is 3.20. The summed E-state index contributed by atoms with van der Waals surface area (Å²) in [7, 11) is -2.69. The summed E-state index contributed by atoms with van der Waals surface area (Å²) < 4.78 is 22.0. The van der Waals surface area contributed by atoms with Gasteiger partial charge in [-0.15, -0.1) is 0 Å². The average Bonchev–Trinajstić information content (AvgIpc) is 1.86. The fraction of sp³-hybridized carbons (Fsp3) is 0.143. The normalized spacial score (nSPS) is 11.7. The molecule has 0 atom stereocenters. The topological polar surface area (TPSA) is 34.1 Å². The van der Waals surface area contributed by atoms with Crippen molar-refractivity contribution >= 4 is 18.7 Å². The number of aryl methyl sites for hydroxylation is 1. The van der Waals surface area contributed by atoms with Crippen molar-refractivity contribution < 1.29 is 8.42 Å². The predicted molar refractivity (Wildman–Crippen MR) is 48.3 cm³/mol. The van der Waals surface area contributed by atoms with Crippen LogP contribution in [0.2, 0.25) is 0 Å². The second-order valence-electron chi connectivity index (χ2n) is 2.59. The van der Waals surface area contributed by atoms with Crippen molar-refractivity contribution in [2.75, 3.05) is 0 Å². The van der Waals surface area contributed by atoms with Crippen LogP contribution >= 0.6 is 0 Å². The molecule has 0 aliphatic carbocycles. The summed E-state index contributed by atoms with van der Waals surface area (Å²) in [5.74, 6) is 0. The van der Waals surface area contributed by atoms with Gasteiger partial charge < -0.3 is 0 Å². The van der Waals surface area contributed by atoms with E-state index in [1.807, 2.05) is 19.1 Å². The Morgan fingerprint density at radius 3 is 2.00 bits per heavy atom. The third-order valence-electron chi connectivity index (χ3n) is 1.45. The molecule has 11 heavy (non-hydrogen) atoms. The van der Waals surface area contributed by atoms with Gasteiger partial charge in [0.05, 0.1) is 4.90 Å². The summed E-state index contributed by atoms with van der Waals surface area (Å²) in [5.41, 5.74) is 1.08. The van der Waals surface area contributed by atoms with Crippen LogP contribution in [0, 0.1) is 6.92 Å². The molecule has 1 aromatic rings. The standard InChI is InChI=1S/C7H10O2SSi/c1-6-2-4-7(5-3-6)10(8,9)11/h2-5H,1,11H3. The van der Waals surface area contributed by atoms with Crippen molar-refractivity contribution in [2.45, 2.75) is 11.8 Å². The third-order valence-corrected chi connectivity index (χ3v) is 3.99. The van der Waals surface area contributed by atoms with E-state index in [4.69, 9.17) is 0 Å². The van der Waals surface area contributed by atoms with E-state index < -0.39 is 9.29 Å². The van der Waals surface area contributed by atoms with Gasteiger partial charge in [-0.25, -0.2) is 8.42 Å². The predicted octanol–water partition coefficient (Wildman–Crippen LogP) is 0.0491. The smallest absolute Gasteiger partial charge is 0.155 e. The van der Waals surface area contributed by atoms with Gasteiger partial charge >= 0.3 is 0 Å². The van der Waals surface area contributed by atoms with Crippen molar-refractivity contribution in [3.8, 4) is 0 Å². The van der Waals surface area contributed by atoms with Gasteiger partial charge in [0, 0.05) is 0 Å². The summed E-state index contributed by atoms with van der Waals surface area (Å²) in [6, 6.07) is 6.92. The Morgan fingerprint density at radius 1 is 1.18 bits per heavy atom. The van der Waals surface area contributed by atoms with Gasteiger partial charge in [0.2, 0.25) is 0 Å². The van der Waals surface area contributed by atoms with Crippen LogP contribution in [0.1, 0.15) is 5.56 Å². The molecule has 0 unspecified atom stereocenters. The van der Waals surface area contributed by atoms with E-state index in [0.29, 0.717) is 4.90 Å². The first-order chi connectivity index (χ1) is 5.00. The summed E-state index contributed by atoms with van der Waals surface area (Å²) in [4.78, 5) is 0.440. The van der Waals surface area contributed by atoms with Crippen LogP contribution in [0.3, 0.4) is 0 Å². The highest BCUT2D eigenvalue weighted by Gasteiger charge is 2.03. The highest BCUT2D eigenvalue weighted by atomic mass is 32.4. The van der Waals surface area contributed by atoms with Crippen LogP contribution in [0.5, 0.6) is 0 Å². The molecule has 0 aliphatic heterocycles. The minimum absolute atomic E-state index is 0.186. The number of rotatable bonds is 1. The van der Waals surface area contributed by atoms with Crippen LogP contribution in [-0.4, -0.2) is 17.8 Å². The second kappa shape index (κ2) is 2.79. The van der Waals surface area contributed by atoms with Crippen LogP contribution in [-0.2, 0) is 9.29 Å². The first-order valence-electron chi connectivity index (χ1n) is 3.27. The van der Waals surface area contributed by atoms with Gasteiger partial charge in [-0.05, 0) is 19.1 Å². The molecule has 0 aliphatic rings. The molecule has 60 valence electrons. The maximum atomic E-state index is 11.0. The zero-order valence-corrected chi connectivity index (χ0v) is 9.35. The van der Waals surface area contributed by atoms with Crippen molar-refractivity contribution in [1.82, 2.24) is 0 Å². The lowest BCUT2D eigenvalue weighted by molar-refractivity contribution is 0.609. The van der Waals surface area contributed by atoms with Crippen molar-refractivity contribution in [1.29, 1.82) is 0 Å². The molecule has 0 bridgehead atoms. The Bertz CT molecular complexity index is 339. The van der Waals surface area contributed by atoms with Gasteiger partial charge in [-0.2, -0.15) is 0 Å². The second-order valence-corrected chi connectivity index (χ2v) is 7.83. The Morgan fingerprint density at radius 2 is 1.64 bits per heavy atom. The van der Waals surface area contributed by atoms with Crippen molar-refractivity contribution in [2.24, 2.45) is 0 Å². The molecular weight excluding hydrogens is 176 g/mol. The highest BCUT2D eigenvalue weighted by molar-refractivity contribution is 8.12. The highest BCUT2D eigenvalue weighted by Crippen LogP contribution is 2.08. The van der Waals surface area contributed by atoms with Gasteiger partial charge in [-0.1, -0.05) is 17.7 Å². The summed E-state index contributed by atoms with van der Waals surface area (Å²) >= 11 is 0. The first-order valence-corrected chi connectivity index (χ1v) is 7.61. The number of hydrogen-bond donors (Lipinski definition) is 0. The lowest BCUT2D eigenvalue weighted by Gasteiger charge is -1.97. The largest absolute Gasteiger partial charge is 0.232 e. The van der Waals surface area contributed by atoms with E-state index in [0.717, 1.165) is 5.56 Å². The maximum Gasteiger partial charge on any atom is 0.155 e. The summed E-state index contributed by atoms with van der Waals surface area (Å²) in [5, 5.41) is 0. The minimum atomic E-state index is -2.88. The van der Waals surface area contributed by atoms with Crippen molar-refractivity contribution in [3.05, 3.63) is 29.8 Å². The molecule has 4 heteroatoms. The lowest BCUT2D eigenvalue weighted by atomic mass is 10.2. The van der Waals surface area contributed by atoms with Crippen LogP contribution in [0.15, 0.2) is 29.2 Å². The minimum Gasteiger partial charge on any atom is -0.232 e. The average molecular weight is 186 g/mol. The number of hydrogen-bond acceptors (Lipinski definition) is 2. The molecule has 0 amide bonds. The van der Waals surface area contributed by atoms with Crippen LogP contribution < -0.4 is 0 Å². The van der Waals surface area contributed by atoms with Gasteiger partial charge in [-0.3, -0.25) is 0 Å². The van der Waals surface area contributed by atoms with E-state index in [1.54, 1.807) is 12.1 Å². The molecule has 1 rings (SSSR count). The number of benzene rings is 1. The molecule has 0 saturated heterocycles. The third kappa shape index (κ3) is 2.16. The monoisotopic (exact) mass is 186 g/mol. The molecule has 0 aromatic heterocycles. The van der Waals surface area contributed by atoms with E-state index in [-0.39, 0.29) is 9.39 Å². The Hall–Kier alpha value is -0.613. The molecular formula is C7H10O2SSi. The molecule has 0 heterocycles. The van der Waals surface area contributed by atoms with Gasteiger partial charge in [0.25, 0.3) is 0 Å². The quantitative estimate of drug-likeness (QED) is 0.581. The molecule has 0 fully saturated rings. The van der Waals surface area contributed by atoms with E-state index >= 15 is 0 Å². The molecule has 2 nitrogen and oxygen atoms in total. The first kappa shape index (κ1) is 8.48. The fourth-order valence-electron chi connectivity index (χ4n) is 0.785. The van der Waals surface area contributed by atoms with Crippen LogP contribution in [0.4, 0.5) is 0 Å². The Kier molecular flexibility index (Phi) is 2.15. The zero-order valence-electron chi connectivity index (χ0n) is 6.53. The zero-order chi connectivity index (χ0) is 8.48. The maximum absolute atomic E-state index is 11.0. The molecule has 0 N–H and O–H groups in total. The van der Waals surface area contributed by atoms with E-state index in [1.165, 1.54) is 0 Å². The molecule has 0 spiro atoms. The molecule has 0 saturated carbocycles. The molecule has 1 aromatic carbocycles. The van der Waals surface area contributed by atoms with Crippen LogP contribution in [0.25, 0.3) is 0 Å². The van der Waals surface area contributed by atoms with E-state index in [2.05, 4.69) is 0 Å². The van der Waals surface area contributed by atoms with Gasteiger partial charge in [0.15, 0.2) is 9.39 Å². The lowest BCUT2D eigenvalue weighted by Crippen LogP contribution is -1.98. The Labute approximate surface area is 69.2 Å². The van der Waals surface area contributed by atoms with Gasteiger partial charge in [0.1, 0.15) is 9.29 Å². The fourth-order valence-corrected chi connectivity index (χ4v) is 2.23. The van der Waals surface area contributed by atoms with Crippen molar-refractivity contribution in [3.63, 3.8) is 0 Å². The van der Waals surface area contributed by atoms with E-state index in [9.17, 15) is 8.42 Å². The summed E-state index contributed by atoms with van der Waals surface area (Å²) in [6.07, 6.45) is 0. The molecule has 0 radical (unpaired) electrons. The SMILES string of the molecule is Cc1ccc(S(=O)(=O)[SiH3])cc1. The summed E-state index contributed by atoms with van der Waals surface area (Å²) in [6.45, 7) is 1.93.